The van der Waals surface area contributed by atoms with Gasteiger partial charge in [-0.15, -0.1) is 0 Å². The van der Waals surface area contributed by atoms with Crippen LogP contribution in [0.5, 0.6) is 0 Å². The summed E-state index contributed by atoms with van der Waals surface area (Å²) in [6.07, 6.45) is 3.50. The Labute approximate surface area is 167 Å². The summed E-state index contributed by atoms with van der Waals surface area (Å²) in [4.78, 5) is 22.5. The van der Waals surface area contributed by atoms with E-state index >= 15 is 0 Å². The van der Waals surface area contributed by atoms with Crippen LogP contribution in [0.25, 0.3) is 32.9 Å². The summed E-state index contributed by atoms with van der Waals surface area (Å²) < 4.78 is 0. The molecule has 0 bridgehead atoms. The van der Waals surface area contributed by atoms with Crippen molar-refractivity contribution in [2.24, 2.45) is 0 Å². The van der Waals surface area contributed by atoms with Crippen molar-refractivity contribution >= 4 is 33.4 Å². The van der Waals surface area contributed by atoms with Crippen LogP contribution in [-0.4, -0.2) is 15.9 Å². The minimum Gasteiger partial charge on any atom is -0.320 e. The van der Waals surface area contributed by atoms with Gasteiger partial charge in [0.15, 0.2) is 0 Å². The van der Waals surface area contributed by atoms with E-state index in [4.69, 9.17) is 0 Å². The molecule has 5 aromatic rings. The lowest BCUT2D eigenvalue weighted by atomic mass is 9.97. The van der Waals surface area contributed by atoms with Crippen molar-refractivity contribution in [1.29, 1.82) is 0 Å². The summed E-state index contributed by atoms with van der Waals surface area (Å²) in [6, 6.07) is 27.2. The number of carbonyl (C=O) groups excluding carboxylic acids is 1. The zero-order valence-electron chi connectivity index (χ0n) is 15.5. The number of hydrogen-bond donors (Lipinski definition) is 1. The molecule has 4 nitrogen and oxygen atoms in total. The van der Waals surface area contributed by atoms with Crippen LogP contribution in [-0.2, 0) is 0 Å². The molecule has 0 spiro atoms. The van der Waals surface area contributed by atoms with Gasteiger partial charge in [0, 0.05) is 28.7 Å². The van der Waals surface area contributed by atoms with Crippen LogP contribution in [0.3, 0.4) is 0 Å². The molecule has 5 rings (SSSR count). The van der Waals surface area contributed by atoms with Crippen LogP contribution < -0.4 is 5.32 Å². The fourth-order valence-electron chi connectivity index (χ4n) is 3.61. The zero-order chi connectivity index (χ0) is 19.6. The zero-order valence-corrected chi connectivity index (χ0v) is 15.5. The van der Waals surface area contributed by atoms with E-state index in [1.54, 1.807) is 12.4 Å². The highest BCUT2D eigenvalue weighted by Gasteiger charge is 2.18. The molecule has 4 heteroatoms. The van der Waals surface area contributed by atoms with Crippen LogP contribution >= 0.6 is 0 Å². The van der Waals surface area contributed by atoms with Gasteiger partial charge in [-0.25, -0.2) is 0 Å². The Balaban J connectivity index is 1.68. The van der Waals surface area contributed by atoms with Gasteiger partial charge in [0.05, 0.1) is 22.3 Å². The molecule has 1 amide bonds. The van der Waals surface area contributed by atoms with E-state index in [2.05, 4.69) is 15.3 Å². The Morgan fingerprint density at radius 2 is 1.55 bits per heavy atom. The van der Waals surface area contributed by atoms with E-state index in [-0.39, 0.29) is 5.91 Å². The summed E-state index contributed by atoms with van der Waals surface area (Å²) in [6.45, 7) is 0. The number of hydrogen-bond acceptors (Lipinski definition) is 3. The number of carbonyl (C=O) groups is 1. The van der Waals surface area contributed by atoms with Gasteiger partial charge < -0.3 is 5.32 Å². The predicted octanol–water partition coefficient (Wildman–Crippen LogP) is 5.70. The predicted molar refractivity (Wildman–Crippen MR) is 117 cm³/mol. The van der Waals surface area contributed by atoms with E-state index in [0.717, 1.165) is 32.9 Å². The number of benzene rings is 3. The van der Waals surface area contributed by atoms with Gasteiger partial charge in [-0.05, 0) is 23.8 Å². The first-order valence-electron chi connectivity index (χ1n) is 9.39. The Bertz CT molecular complexity index is 1340. The topological polar surface area (TPSA) is 54.9 Å². The fourth-order valence-corrected chi connectivity index (χ4v) is 3.61. The lowest BCUT2D eigenvalue weighted by Gasteiger charge is -2.14. The summed E-state index contributed by atoms with van der Waals surface area (Å²) >= 11 is 0. The van der Waals surface area contributed by atoms with Crippen molar-refractivity contribution in [3.63, 3.8) is 0 Å². The van der Waals surface area contributed by atoms with Crippen LogP contribution in [0.2, 0.25) is 0 Å². The van der Waals surface area contributed by atoms with E-state index < -0.39 is 0 Å². The van der Waals surface area contributed by atoms with Crippen molar-refractivity contribution in [2.75, 3.05) is 5.32 Å². The van der Waals surface area contributed by atoms with Crippen molar-refractivity contribution in [3.8, 4) is 11.1 Å². The Hall–Kier alpha value is -4.05. The van der Waals surface area contributed by atoms with E-state index in [1.165, 1.54) is 0 Å². The minimum atomic E-state index is -0.180. The molecule has 0 atom stereocenters. The van der Waals surface area contributed by atoms with Crippen LogP contribution in [0, 0.1) is 0 Å². The fraction of sp³-hybridized carbons (Fsp3) is 0. The maximum atomic E-state index is 13.5. The molecule has 29 heavy (non-hydrogen) atoms. The average Bonchev–Trinajstić information content (AvgIpc) is 2.79. The smallest absolute Gasteiger partial charge is 0.257 e. The molecule has 138 valence electrons. The first-order chi connectivity index (χ1) is 14.3. The van der Waals surface area contributed by atoms with Gasteiger partial charge in [-0.1, -0.05) is 66.7 Å². The van der Waals surface area contributed by atoms with E-state index in [9.17, 15) is 4.79 Å². The minimum absolute atomic E-state index is 0.180. The Morgan fingerprint density at radius 3 is 2.45 bits per heavy atom. The standard InChI is InChI=1S/C25H17N3O/c29-25(28-22-14-6-10-18-11-7-15-26-24(18)22)23-19-12-4-5-13-21(19)27-16-20(23)17-8-2-1-3-9-17/h1-16H,(H,28,29). The molecule has 0 radical (unpaired) electrons. The second-order valence-corrected chi connectivity index (χ2v) is 6.76. The van der Waals surface area contributed by atoms with Crippen LogP contribution in [0.15, 0.2) is 97.3 Å². The number of anilines is 1. The highest BCUT2D eigenvalue weighted by molar-refractivity contribution is 6.18. The molecule has 0 aliphatic heterocycles. The third-order valence-corrected chi connectivity index (χ3v) is 4.97. The molecule has 3 aromatic carbocycles. The number of aromatic nitrogens is 2. The number of fused-ring (bicyclic) bond motifs is 2. The SMILES string of the molecule is O=C(Nc1cccc2cccnc12)c1c(-c2ccccc2)cnc2ccccc12. The van der Waals surface area contributed by atoms with Gasteiger partial charge in [0.2, 0.25) is 0 Å². The molecule has 0 fully saturated rings. The molecule has 2 heterocycles. The monoisotopic (exact) mass is 375 g/mol. The quantitative estimate of drug-likeness (QED) is 0.440. The second kappa shape index (κ2) is 7.17. The first kappa shape index (κ1) is 17.1. The molecule has 0 saturated heterocycles. The van der Waals surface area contributed by atoms with Crippen molar-refractivity contribution in [3.05, 3.63) is 103 Å². The molecule has 0 unspecified atom stereocenters. The van der Waals surface area contributed by atoms with Crippen LogP contribution in [0.1, 0.15) is 10.4 Å². The number of nitrogens with one attached hydrogen (secondary N) is 1. The maximum absolute atomic E-state index is 13.5. The number of para-hydroxylation sites is 2. The summed E-state index contributed by atoms with van der Waals surface area (Å²) in [5, 5.41) is 4.87. The number of nitrogens with zero attached hydrogens (tertiary/aromatic N) is 2. The Kier molecular flexibility index (Phi) is 4.22. The normalized spacial score (nSPS) is 10.9. The number of pyridine rings is 2. The molecule has 0 aliphatic carbocycles. The molecular weight excluding hydrogens is 358 g/mol. The molecule has 2 aromatic heterocycles. The summed E-state index contributed by atoms with van der Waals surface area (Å²) in [5.74, 6) is -0.180. The van der Waals surface area contributed by atoms with Gasteiger partial charge >= 0.3 is 0 Å². The van der Waals surface area contributed by atoms with Crippen molar-refractivity contribution in [2.45, 2.75) is 0 Å². The lowest BCUT2D eigenvalue weighted by molar-refractivity contribution is 0.102. The molecule has 0 aliphatic rings. The summed E-state index contributed by atoms with van der Waals surface area (Å²) in [7, 11) is 0. The highest BCUT2D eigenvalue weighted by Crippen LogP contribution is 2.30. The van der Waals surface area contributed by atoms with Crippen LogP contribution in [0.4, 0.5) is 5.69 Å². The Morgan fingerprint density at radius 1 is 0.759 bits per heavy atom. The summed E-state index contributed by atoms with van der Waals surface area (Å²) in [5.41, 5.74) is 4.60. The van der Waals surface area contributed by atoms with Gasteiger partial charge in [-0.2, -0.15) is 0 Å². The maximum Gasteiger partial charge on any atom is 0.257 e. The van der Waals surface area contributed by atoms with E-state index in [1.807, 2.05) is 84.9 Å². The third-order valence-electron chi connectivity index (χ3n) is 4.97. The lowest BCUT2D eigenvalue weighted by Crippen LogP contribution is -2.14. The largest absolute Gasteiger partial charge is 0.320 e. The van der Waals surface area contributed by atoms with Gasteiger partial charge in [0.1, 0.15) is 0 Å². The van der Waals surface area contributed by atoms with Crippen molar-refractivity contribution < 1.29 is 4.79 Å². The highest BCUT2D eigenvalue weighted by atomic mass is 16.1. The second-order valence-electron chi connectivity index (χ2n) is 6.76. The van der Waals surface area contributed by atoms with Gasteiger partial charge in [0.25, 0.3) is 5.91 Å². The number of rotatable bonds is 3. The number of amides is 1. The average molecular weight is 375 g/mol. The molecular formula is C25H17N3O. The molecule has 0 saturated carbocycles. The van der Waals surface area contributed by atoms with Gasteiger partial charge in [-0.3, -0.25) is 14.8 Å². The molecule has 1 N–H and O–H groups in total. The third kappa shape index (κ3) is 3.11. The van der Waals surface area contributed by atoms with Crippen molar-refractivity contribution in [1.82, 2.24) is 9.97 Å². The first-order valence-corrected chi connectivity index (χ1v) is 9.39. The van der Waals surface area contributed by atoms with E-state index in [0.29, 0.717) is 11.3 Å².